The number of hydrogen-bond acceptors (Lipinski definition) is 2. The molecule has 1 rings (SSSR count). The van der Waals surface area contributed by atoms with Crippen LogP contribution in [0.4, 0.5) is 0 Å². The van der Waals surface area contributed by atoms with E-state index in [9.17, 15) is 9.59 Å². The van der Waals surface area contributed by atoms with E-state index in [1.165, 1.54) is 0 Å². The summed E-state index contributed by atoms with van der Waals surface area (Å²) in [6.45, 7) is 2.23. The van der Waals surface area contributed by atoms with E-state index in [1.807, 2.05) is 0 Å². The van der Waals surface area contributed by atoms with Crippen molar-refractivity contribution in [3.8, 4) is 0 Å². The first-order valence-corrected chi connectivity index (χ1v) is 5.02. The van der Waals surface area contributed by atoms with E-state index >= 15 is 0 Å². The van der Waals surface area contributed by atoms with Gasteiger partial charge in [0.25, 0.3) is 5.91 Å². The summed E-state index contributed by atoms with van der Waals surface area (Å²) >= 11 is 3.25. The zero-order valence-corrected chi connectivity index (χ0v) is 9.30. The molecule has 0 spiro atoms. The zero-order valence-electron chi connectivity index (χ0n) is 7.71. The van der Waals surface area contributed by atoms with Crippen LogP contribution in [-0.4, -0.2) is 18.2 Å². The van der Waals surface area contributed by atoms with E-state index in [-0.39, 0.29) is 0 Å². The molecule has 3 nitrogen and oxygen atoms in total. The molecule has 0 aromatic heterocycles. The van der Waals surface area contributed by atoms with Gasteiger partial charge in [-0.2, -0.15) is 0 Å². The average Bonchev–Trinajstić information content (AvgIpc) is 2.18. The van der Waals surface area contributed by atoms with Crippen molar-refractivity contribution in [1.29, 1.82) is 0 Å². The first-order valence-electron chi connectivity index (χ1n) is 4.23. The molecule has 0 aliphatic heterocycles. The van der Waals surface area contributed by atoms with E-state index in [1.54, 1.807) is 31.2 Å². The van der Waals surface area contributed by atoms with E-state index in [2.05, 4.69) is 21.2 Å². The molecule has 0 unspecified atom stereocenters. The van der Waals surface area contributed by atoms with E-state index in [0.29, 0.717) is 12.1 Å². The minimum absolute atomic E-state index is 0.402. The van der Waals surface area contributed by atoms with Crippen LogP contribution in [0.3, 0.4) is 0 Å². The highest BCUT2D eigenvalue weighted by atomic mass is 79.9. The van der Waals surface area contributed by atoms with Gasteiger partial charge in [-0.1, -0.05) is 15.9 Å². The molecule has 4 heteroatoms. The van der Waals surface area contributed by atoms with Gasteiger partial charge in [-0.25, -0.2) is 0 Å². The van der Waals surface area contributed by atoms with E-state index in [4.69, 9.17) is 0 Å². The summed E-state index contributed by atoms with van der Waals surface area (Å²) in [5.41, 5.74) is 0.402. The zero-order chi connectivity index (χ0) is 10.6. The second-order valence-corrected chi connectivity index (χ2v) is 3.61. The molecule has 0 fully saturated rings. The molecule has 0 radical (unpaired) electrons. The van der Waals surface area contributed by atoms with Gasteiger partial charge >= 0.3 is 0 Å². The summed E-state index contributed by atoms with van der Waals surface area (Å²) in [5, 5.41) is 2.46. The Morgan fingerprint density at radius 2 is 1.86 bits per heavy atom. The fraction of sp³-hybridized carbons (Fsp3) is 0.200. The SMILES string of the molecule is CCNC(=O)C(=O)c1ccc(Br)cc1. The van der Waals surface area contributed by atoms with Crippen LogP contribution in [0.5, 0.6) is 0 Å². The number of nitrogens with one attached hydrogen (secondary N) is 1. The predicted octanol–water partition coefficient (Wildman–Crippen LogP) is 1.77. The van der Waals surface area contributed by atoms with Crippen LogP contribution in [0, 0.1) is 0 Å². The minimum Gasteiger partial charge on any atom is -0.349 e. The fourth-order valence-electron chi connectivity index (χ4n) is 0.973. The third-order valence-corrected chi connectivity index (χ3v) is 2.18. The number of benzene rings is 1. The van der Waals surface area contributed by atoms with Crippen LogP contribution in [0.15, 0.2) is 28.7 Å². The average molecular weight is 256 g/mol. The van der Waals surface area contributed by atoms with E-state index < -0.39 is 11.7 Å². The highest BCUT2D eigenvalue weighted by Crippen LogP contribution is 2.10. The lowest BCUT2D eigenvalue weighted by atomic mass is 10.1. The molecule has 0 bridgehead atoms. The Balaban J connectivity index is 2.79. The van der Waals surface area contributed by atoms with Crippen molar-refractivity contribution >= 4 is 27.6 Å². The van der Waals surface area contributed by atoms with Gasteiger partial charge in [-0.05, 0) is 31.2 Å². The number of ketones is 1. The van der Waals surface area contributed by atoms with Crippen LogP contribution in [0.2, 0.25) is 0 Å². The largest absolute Gasteiger partial charge is 0.349 e. The quantitative estimate of drug-likeness (QED) is 0.661. The summed E-state index contributed by atoms with van der Waals surface area (Å²) in [5.74, 6) is -1.06. The lowest BCUT2D eigenvalue weighted by molar-refractivity contribution is -0.116. The van der Waals surface area contributed by atoms with Gasteiger partial charge in [0.2, 0.25) is 5.78 Å². The summed E-state index contributed by atoms with van der Waals surface area (Å²) in [6, 6.07) is 6.68. The maximum atomic E-state index is 11.4. The normalized spacial score (nSPS) is 9.57. The topological polar surface area (TPSA) is 46.2 Å². The third-order valence-electron chi connectivity index (χ3n) is 1.65. The lowest BCUT2D eigenvalue weighted by Gasteiger charge is -2.00. The Bertz CT molecular complexity index is 346. The maximum Gasteiger partial charge on any atom is 0.292 e. The van der Waals surface area contributed by atoms with Crippen LogP contribution >= 0.6 is 15.9 Å². The number of halogens is 1. The Morgan fingerprint density at radius 1 is 1.29 bits per heavy atom. The molecular weight excluding hydrogens is 246 g/mol. The molecule has 14 heavy (non-hydrogen) atoms. The van der Waals surface area contributed by atoms with Crippen molar-refractivity contribution in [1.82, 2.24) is 5.32 Å². The highest BCUT2D eigenvalue weighted by molar-refractivity contribution is 9.10. The van der Waals surface area contributed by atoms with Gasteiger partial charge in [0.05, 0.1) is 0 Å². The van der Waals surface area contributed by atoms with Gasteiger partial charge in [0, 0.05) is 16.6 Å². The summed E-state index contributed by atoms with van der Waals surface area (Å²) in [4.78, 5) is 22.6. The van der Waals surface area contributed by atoms with Crippen molar-refractivity contribution in [3.05, 3.63) is 34.3 Å². The first kappa shape index (κ1) is 10.9. The maximum absolute atomic E-state index is 11.4. The minimum atomic E-state index is -0.560. The number of Topliss-reactive ketones (excluding diaryl/α,β-unsaturated/α-hetero) is 1. The number of hydrogen-bond donors (Lipinski definition) is 1. The molecule has 1 N–H and O–H groups in total. The number of rotatable bonds is 3. The molecule has 1 aromatic carbocycles. The molecule has 0 saturated carbocycles. The number of likely N-dealkylation sites (N-methyl/N-ethyl adjacent to an activating group) is 1. The summed E-state index contributed by atoms with van der Waals surface area (Å²) in [6.07, 6.45) is 0. The molecule has 1 amide bonds. The van der Waals surface area contributed by atoms with Crippen molar-refractivity contribution in [2.75, 3.05) is 6.54 Å². The molecule has 0 atom stereocenters. The molecule has 0 aliphatic rings. The van der Waals surface area contributed by atoms with Gasteiger partial charge in [0.1, 0.15) is 0 Å². The first-order chi connectivity index (χ1) is 6.65. The molecule has 0 heterocycles. The number of carbonyl (C=O) groups is 2. The van der Waals surface area contributed by atoms with Gasteiger partial charge in [-0.3, -0.25) is 9.59 Å². The van der Waals surface area contributed by atoms with Crippen molar-refractivity contribution in [2.24, 2.45) is 0 Å². The van der Waals surface area contributed by atoms with E-state index in [0.717, 1.165) is 4.47 Å². The molecule has 74 valence electrons. The van der Waals surface area contributed by atoms with Crippen molar-refractivity contribution in [2.45, 2.75) is 6.92 Å². The molecule has 0 aliphatic carbocycles. The summed E-state index contributed by atoms with van der Waals surface area (Å²) in [7, 11) is 0. The standard InChI is InChI=1S/C10H10BrNO2/c1-2-12-10(14)9(13)7-3-5-8(11)6-4-7/h3-6H,2H2,1H3,(H,12,14). The van der Waals surface area contributed by atoms with Crippen molar-refractivity contribution in [3.63, 3.8) is 0 Å². The van der Waals surface area contributed by atoms with Crippen LogP contribution < -0.4 is 5.32 Å². The smallest absolute Gasteiger partial charge is 0.292 e. The lowest BCUT2D eigenvalue weighted by Crippen LogP contribution is -2.30. The number of carbonyl (C=O) groups excluding carboxylic acids is 2. The van der Waals surface area contributed by atoms with Gasteiger partial charge in [0.15, 0.2) is 0 Å². The Hall–Kier alpha value is -1.16. The van der Waals surface area contributed by atoms with Gasteiger partial charge < -0.3 is 5.32 Å². The van der Waals surface area contributed by atoms with Gasteiger partial charge in [-0.15, -0.1) is 0 Å². The second kappa shape index (κ2) is 4.91. The predicted molar refractivity (Wildman–Crippen MR) is 57.2 cm³/mol. The van der Waals surface area contributed by atoms with Crippen LogP contribution in [-0.2, 0) is 4.79 Å². The Morgan fingerprint density at radius 3 is 2.36 bits per heavy atom. The Labute approximate surface area is 90.6 Å². The van der Waals surface area contributed by atoms with Crippen LogP contribution in [0.1, 0.15) is 17.3 Å². The highest BCUT2D eigenvalue weighted by Gasteiger charge is 2.14. The molecular formula is C10H10BrNO2. The second-order valence-electron chi connectivity index (χ2n) is 2.70. The molecule has 0 saturated heterocycles. The fourth-order valence-corrected chi connectivity index (χ4v) is 1.24. The van der Waals surface area contributed by atoms with Crippen LogP contribution in [0.25, 0.3) is 0 Å². The monoisotopic (exact) mass is 255 g/mol. The third kappa shape index (κ3) is 2.67. The molecule has 1 aromatic rings. The van der Waals surface area contributed by atoms with Crippen molar-refractivity contribution < 1.29 is 9.59 Å². The Kier molecular flexibility index (Phi) is 3.83. The summed E-state index contributed by atoms with van der Waals surface area (Å²) < 4.78 is 0.880. The number of amides is 1.